The van der Waals surface area contributed by atoms with Crippen LogP contribution in [0.3, 0.4) is 0 Å². The first-order valence-corrected chi connectivity index (χ1v) is 7.39. The van der Waals surface area contributed by atoms with E-state index in [1.807, 2.05) is 0 Å². The molecule has 2 rings (SSSR count). The highest BCUT2D eigenvalue weighted by Crippen LogP contribution is 2.29. The number of rotatable bonds is 4. The highest BCUT2D eigenvalue weighted by molar-refractivity contribution is 6.31. The van der Waals surface area contributed by atoms with Crippen LogP contribution in [-0.4, -0.2) is 22.5 Å². The Kier molecular flexibility index (Phi) is 4.85. The second kappa shape index (κ2) is 6.45. The van der Waals surface area contributed by atoms with Gasteiger partial charge in [-0.3, -0.25) is 4.79 Å². The normalized spacial score (nSPS) is 17.2. The van der Waals surface area contributed by atoms with Crippen LogP contribution >= 0.6 is 11.6 Å². The summed E-state index contributed by atoms with van der Waals surface area (Å²) in [5, 5.41) is 12.1. The summed E-state index contributed by atoms with van der Waals surface area (Å²) in [4.78, 5) is 23.3. The number of halogens is 1. The molecule has 5 nitrogen and oxygen atoms in total. The Morgan fingerprint density at radius 1 is 1.29 bits per heavy atom. The number of nitrogens with one attached hydrogen (secondary N) is 1. The molecule has 0 unspecified atom stereocenters. The van der Waals surface area contributed by atoms with Gasteiger partial charge in [-0.05, 0) is 31.0 Å². The van der Waals surface area contributed by atoms with Gasteiger partial charge in [0.1, 0.15) is 0 Å². The number of amides is 1. The number of aromatic carboxylic acids is 1. The molecule has 1 aromatic rings. The second-order valence-electron chi connectivity index (χ2n) is 5.64. The molecular weight excluding hydrogens is 292 g/mol. The Hall–Kier alpha value is -1.59. The average Bonchev–Trinajstić information content (AvgIpc) is 2.38. The van der Waals surface area contributed by atoms with E-state index in [1.165, 1.54) is 18.2 Å². The number of benzene rings is 1. The summed E-state index contributed by atoms with van der Waals surface area (Å²) in [7, 11) is 0. The van der Waals surface area contributed by atoms with Gasteiger partial charge < -0.3 is 16.2 Å². The van der Waals surface area contributed by atoms with Gasteiger partial charge in [0, 0.05) is 17.0 Å². The summed E-state index contributed by atoms with van der Waals surface area (Å²) < 4.78 is 0. The zero-order chi connectivity index (χ0) is 15.5. The minimum atomic E-state index is -1.11. The number of hydrogen-bond acceptors (Lipinski definition) is 3. The van der Waals surface area contributed by atoms with Crippen LogP contribution < -0.4 is 11.1 Å². The van der Waals surface area contributed by atoms with Crippen molar-refractivity contribution in [3.63, 3.8) is 0 Å². The molecule has 21 heavy (non-hydrogen) atoms. The smallest absolute Gasteiger partial charge is 0.337 e. The second-order valence-corrected chi connectivity index (χ2v) is 6.08. The number of carbonyl (C=O) groups excluding carboxylic acids is 1. The van der Waals surface area contributed by atoms with Gasteiger partial charge in [-0.15, -0.1) is 0 Å². The third kappa shape index (κ3) is 4.19. The summed E-state index contributed by atoms with van der Waals surface area (Å²) in [5.74, 6) is -1.38. The number of carboxylic acid groups (broad SMARTS) is 1. The molecule has 1 aliphatic carbocycles. The molecule has 0 bridgehead atoms. The molecule has 0 spiro atoms. The molecule has 0 aliphatic heterocycles. The fourth-order valence-electron chi connectivity index (χ4n) is 2.75. The molecular formula is C15H19ClN2O3. The van der Waals surface area contributed by atoms with Crippen molar-refractivity contribution in [2.24, 2.45) is 5.73 Å². The van der Waals surface area contributed by atoms with Crippen LogP contribution in [0.1, 0.15) is 48.9 Å². The lowest BCUT2D eigenvalue weighted by Gasteiger charge is -2.32. The Bertz CT molecular complexity index is 554. The van der Waals surface area contributed by atoms with E-state index in [4.69, 9.17) is 22.4 Å². The molecule has 4 N–H and O–H groups in total. The molecule has 0 radical (unpaired) electrons. The standard InChI is InChI=1S/C15H19ClN2O3/c16-10-4-5-11(14(20)21)12(8-10)18-13(19)9-15(17)6-2-1-3-7-15/h4-5,8H,1-3,6-7,9,17H2,(H,18,19)(H,20,21). The number of carboxylic acids is 1. The van der Waals surface area contributed by atoms with E-state index in [1.54, 1.807) is 0 Å². The van der Waals surface area contributed by atoms with Crippen LogP contribution in [0.4, 0.5) is 5.69 Å². The molecule has 1 amide bonds. The highest BCUT2D eigenvalue weighted by atomic mass is 35.5. The minimum absolute atomic E-state index is 0.0162. The molecule has 0 saturated heterocycles. The molecule has 1 aliphatic rings. The number of hydrogen-bond donors (Lipinski definition) is 3. The van der Waals surface area contributed by atoms with E-state index < -0.39 is 11.5 Å². The third-order valence-corrected chi connectivity index (χ3v) is 4.08. The van der Waals surface area contributed by atoms with Crippen molar-refractivity contribution in [1.29, 1.82) is 0 Å². The summed E-state index contributed by atoms with van der Waals surface area (Å²) in [6.07, 6.45) is 5.04. The number of nitrogens with two attached hydrogens (primary N) is 1. The zero-order valence-corrected chi connectivity index (χ0v) is 12.4. The highest BCUT2D eigenvalue weighted by Gasteiger charge is 2.30. The predicted molar refractivity (Wildman–Crippen MR) is 81.7 cm³/mol. The van der Waals surface area contributed by atoms with Crippen LogP contribution in [0.15, 0.2) is 18.2 Å². The Labute approximate surface area is 128 Å². The van der Waals surface area contributed by atoms with Gasteiger partial charge in [0.05, 0.1) is 11.3 Å². The van der Waals surface area contributed by atoms with Gasteiger partial charge in [0.15, 0.2) is 0 Å². The van der Waals surface area contributed by atoms with Crippen molar-refractivity contribution in [2.45, 2.75) is 44.1 Å². The molecule has 1 fully saturated rings. The van der Waals surface area contributed by atoms with E-state index in [9.17, 15) is 9.59 Å². The maximum atomic E-state index is 12.1. The van der Waals surface area contributed by atoms with Gasteiger partial charge in [-0.25, -0.2) is 4.79 Å². The summed E-state index contributed by atoms with van der Waals surface area (Å²) in [5.41, 5.74) is 5.98. The van der Waals surface area contributed by atoms with E-state index in [0.717, 1.165) is 32.1 Å². The molecule has 0 aromatic heterocycles. The lowest BCUT2D eigenvalue weighted by molar-refractivity contribution is -0.117. The largest absolute Gasteiger partial charge is 0.478 e. The van der Waals surface area contributed by atoms with Crippen LogP contribution in [0, 0.1) is 0 Å². The van der Waals surface area contributed by atoms with Gasteiger partial charge in [0.2, 0.25) is 5.91 Å². The molecule has 114 valence electrons. The Morgan fingerprint density at radius 2 is 1.95 bits per heavy atom. The van der Waals surface area contributed by atoms with Gasteiger partial charge in [0.25, 0.3) is 0 Å². The molecule has 0 heterocycles. The van der Waals surface area contributed by atoms with E-state index in [0.29, 0.717) is 5.02 Å². The topological polar surface area (TPSA) is 92.4 Å². The molecule has 1 aromatic carbocycles. The Balaban J connectivity index is 2.09. The van der Waals surface area contributed by atoms with Crippen molar-refractivity contribution < 1.29 is 14.7 Å². The maximum absolute atomic E-state index is 12.1. The van der Waals surface area contributed by atoms with Crippen LogP contribution in [0.25, 0.3) is 0 Å². The van der Waals surface area contributed by atoms with Crippen LogP contribution in [0.5, 0.6) is 0 Å². The van der Waals surface area contributed by atoms with Gasteiger partial charge >= 0.3 is 5.97 Å². The van der Waals surface area contributed by atoms with Crippen LogP contribution in [-0.2, 0) is 4.79 Å². The van der Waals surface area contributed by atoms with Crippen molar-refractivity contribution >= 4 is 29.2 Å². The fourth-order valence-corrected chi connectivity index (χ4v) is 2.93. The van der Waals surface area contributed by atoms with E-state index in [2.05, 4.69) is 5.32 Å². The monoisotopic (exact) mass is 310 g/mol. The minimum Gasteiger partial charge on any atom is -0.478 e. The maximum Gasteiger partial charge on any atom is 0.337 e. The van der Waals surface area contributed by atoms with E-state index in [-0.39, 0.29) is 23.6 Å². The predicted octanol–water partition coefficient (Wildman–Crippen LogP) is 3.03. The van der Waals surface area contributed by atoms with Crippen molar-refractivity contribution in [3.05, 3.63) is 28.8 Å². The fraction of sp³-hybridized carbons (Fsp3) is 0.467. The number of carbonyl (C=O) groups is 2. The average molecular weight is 311 g/mol. The molecule has 0 atom stereocenters. The summed E-state index contributed by atoms with van der Waals surface area (Å²) in [6, 6.07) is 4.29. The summed E-state index contributed by atoms with van der Waals surface area (Å²) in [6.45, 7) is 0. The first-order chi connectivity index (χ1) is 9.89. The number of anilines is 1. The SMILES string of the molecule is NC1(CC(=O)Nc2cc(Cl)ccc2C(=O)O)CCCCC1. The van der Waals surface area contributed by atoms with E-state index >= 15 is 0 Å². The Morgan fingerprint density at radius 3 is 2.57 bits per heavy atom. The quantitative estimate of drug-likeness (QED) is 0.797. The first kappa shape index (κ1) is 15.8. The zero-order valence-electron chi connectivity index (χ0n) is 11.7. The van der Waals surface area contributed by atoms with Crippen LogP contribution in [0.2, 0.25) is 5.02 Å². The molecule has 6 heteroatoms. The van der Waals surface area contributed by atoms with Crippen molar-refractivity contribution in [2.75, 3.05) is 5.32 Å². The van der Waals surface area contributed by atoms with Crippen molar-refractivity contribution in [1.82, 2.24) is 0 Å². The molecule has 1 saturated carbocycles. The summed E-state index contributed by atoms with van der Waals surface area (Å²) >= 11 is 5.86. The first-order valence-electron chi connectivity index (χ1n) is 7.01. The van der Waals surface area contributed by atoms with Crippen molar-refractivity contribution in [3.8, 4) is 0 Å². The lowest BCUT2D eigenvalue weighted by Crippen LogP contribution is -2.44. The lowest BCUT2D eigenvalue weighted by atomic mass is 9.80. The van der Waals surface area contributed by atoms with Gasteiger partial charge in [-0.1, -0.05) is 30.9 Å². The van der Waals surface area contributed by atoms with Gasteiger partial charge in [-0.2, -0.15) is 0 Å². The third-order valence-electron chi connectivity index (χ3n) is 3.85.